The largest absolute Gasteiger partial charge is 0.481 e. The molecule has 1 aliphatic heterocycles. The number of halogens is 1. The SMILES string of the molecule is O=C(O)C1CCC(CN2CC(CCl)CC2=O)CC1. The summed E-state index contributed by atoms with van der Waals surface area (Å²) in [6, 6.07) is 0. The lowest BCUT2D eigenvalue weighted by molar-refractivity contribution is -0.143. The van der Waals surface area contributed by atoms with Gasteiger partial charge in [0.1, 0.15) is 0 Å². The van der Waals surface area contributed by atoms with Crippen molar-refractivity contribution in [3.63, 3.8) is 0 Å². The molecule has 0 aromatic rings. The zero-order chi connectivity index (χ0) is 13.1. The second-order valence-corrected chi connectivity index (χ2v) is 5.89. The summed E-state index contributed by atoms with van der Waals surface area (Å²) < 4.78 is 0. The normalized spacial score (nSPS) is 32.8. The Balaban J connectivity index is 1.78. The van der Waals surface area contributed by atoms with Gasteiger partial charge in [-0.2, -0.15) is 0 Å². The zero-order valence-electron chi connectivity index (χ0n) is 10.5. The fraction of sp³-hybridized carbons (Fsp3) is 0.846. The Morgan fingerprint density at radius 1 is 1.28 bits per heavy atom. The van der Waals surface area contributed by atoms with E-state index < -0.39 is 5.97 Å². The number of carboxylic acid groups (broad SMARTS) is 1. The highest BCUT2D eigenvalue weighted by atomic mass is 35.5. The van der Waals surface area contributed by atoms with Gasteiger partial charge in [-0.15, -0.1) is 11.6 Å². The molecule has 1 heterocycles. The van der Waals surface area contributed by atoms with Crippen molar-refractivity contribution in [2.75, 3.05) is 19.0 Å². The summed E-state index contributed by atoms with van der Waals surface area (Å²) in [6.45, 7) is 1.57. The average Bonchev–Trinajstić information content (AvgIpc) is 2.71. The molecule has 1 aliphatic carbocycles. The van der Waals surface area contributed by atoms with E-state index >= 15 is 0 Å². The fourth-order valence-electron chi connectivity index (χ4n) is 3.04. The van der Waals surface area contributed by atoms with E-state index in [9.17, 15) is 9.59 Å². The van der Waals surface area contributed by atoms with E-state index in [4.69, 9.17) is 16.7 Å². The first-order valence-corrected chi connectivity index (χ1v) is 7.20. The zero-order valence-corrected chi connectivity index (χ0v) is 11.2. The molecule has 0 spiro atoms. The minimum Gasteiger partial charge on any atom is -0.481 e. The molecule has 1 saturated carbocycles. The van der Waals surface area contributed by atoms with Gasteiger partial charge in [-0.05, 0) is 37.5 Å². The van der Waals surface area contributed by atoms with Gasteiger partial charge >= 0.3 is 5.97 Å². The summed E-state index contributed by atoms with van der Waals surface area (Å²) in [5.74, 6) is 0.682. The molecule has 102 valence electrons. The fourth-order valence-corrected chi connectivity index (χ4v) is 3.24. The standard InChI is InChI=1S/C13H20ClNO3/c14-6-10-5-12(16)15(8-10)7-9-1-3-11(4-2-9)13(17)18/h9-11H,1-8H2,(H,17,18). The van der Waals surface area contributed by atoms with Crippen LogP contribution in [0.25, 0.3) is 0 Å². The Morgan fingerprint density at radius 2 is 1.94 bits per heavy atom. The van der Waals surface area contributed by atoms with Gasteiger partial charge in [0, 0.05) is 25.4 Å². The summed E-state index contributed by atoms with van der Waals surface area (Å²) in [6.07, 6.45) is 3.93. The van der Waals surface area contributed by atoms with E-state index in [2.05, 4.69) is 0 Å². The molecular formula is C13H20ClNO3. The summed E-state index contributed by atoms with van der Waals surface area (Å²) in [4.78, 5) is 24.5. The van der Waals surface area contributed by atoms with Crippen molar-refractivity contribution in [1.82, 2.24) is 4.90 Å². The van der Waals surface area contributed by atoms with Crippen LogP contribution in [0.15, 0.2) is 0 Å². The maximum Gasteiger partial charge on any atom is 0.306 e. The number of aliphatic carboxylic acids is 1. The lowest BCUT2D eigenvalue weighted by Crippen LogP contribution is -2.33. The Hall–Kier alpha value is -0.770. The topological polar surface area (TPSA) is 57.6 Å². The quantitative estimate of drug-likeness (QED) is 0.797. The van der Waals surface area contributed by atoms with Gasteiger partial charge in [0.2, 0.25) is 5.91 Å². The third-order valence-electron chi connectivity index (χ3n) is 4.19. The Morgan fingerprint density at radius 3 is 2.44 bits per heavy atom. The molecule has 1 amide bonds. The summed E-state index contributed by atoms with van der Waals surface area (Å²) in [5.41, 5.74) is 0. The monoisotopic (exact) mass is 273 g/mol. The van der Waals surface area contributed by atoms with Gasteiger partial charge in [-0.25, -0.2) is 0 Å². The lowest BCUT2D eigenvalue weighted by atomic mass is 9.82. The van der Waals surface area contributed by atoms with Crippen LogP contribution in [-0.4, -0.2) is 40.9 Å². The number of alkyl halides is 1. The molecule has 0 bridgehead atoms. The number of nitrogens with zero attached hydrogens (tertiary/aromatic N) is 1. The van der Waals surface area contributed by atoms with E-state index in [1.54, 1.807) is 0 Å². The van der Waals surface area contributed by atoms with Crippen LogP contribution in [0.2, 0.25) is 0 Å². The van der Waals surface area contributed by atoms with Gasteiger partial charge in [0.25, 0.3) is 0 Å². The second-order valence-electron chi connectivity index (χ2n) is 5.58. The van der Waals surface area contributed by atoms with Crippen LogP contribution in [-0.2, 0) is 9.59 Å². The highest BCUT2D eigenvalue weighted by molar-refractivity contribution is 6.18. The number of rotatable bonds is 4. The van der Waals surface area contributed by atoms with Crippen molar-refractivity contribution in [2.24, 2.45) is 17.8 Å². The molecule has 2 aliphatic rings. The Labute approximate surface area is 112 Å². The maximum atomic E-state index is 11.8. The van der Waals surface area contributed by atoms with Crippen LogP contribution in [0.5, 0.6) is 0 Å². The van der Waals surface area contributed by atoms with Crippen molar-refractivity contribution in [2.45, 2.75) is 32.1 Å². The van der Waals surface area contributed by atoms with Gasteiger partial charge < -0.3 is 10.0 Å². The number of carboxylic acids is 1. The number of hydrogen-bond donors (Lipinski definition) is 1. The molecule has 2 fully saturated rings. The molecule has 1 saturated heterocycles. The molecule has 4 nitrogen and oxygen atoms in total. The molecule has 1 atom stereocenters. The maximum absolute atomic E-state index is 11.8. The van der Waals surface area contributed by atoms with E-state index in [1.807, 2.05) is 4.90 Å². The molecule has 1 unspecified atom stereocenters. The molecule has 1 N–H and O–H groups in total. The number of carbonyl (C=O) groups excluding carboxylic acids is 1. The smallest absolute Gasteiger partial charge is 0.306 e. The van der Waals surface area contributed by atoms with Crippen LogP contribution in [0.4, 0.5) is 0 Å². The summed E-state index contributed by atoms with van der Waals surface area (Å²) in [7, 11) is 0. The number of carbonyl (C=O) groups is 2. The van der Waals surface area contributed by atoms with Crippen molar-refractivity contribution >= 4 is 23.5 Å². The van der Waals surface area contributed by atoms with Gasteiger partial charge in [0.05, 0.1) is 5.92 Å². The number of amides is 1. The van der Waals surface area contributed by atoms with E-state index in [-0.39, 0.29) is 11.8 Å². The number of likely N-dealkylation sites (tertiary alicyclic amines) is 1. The summed E-state index contributed by atoms with van der Waals surface area (Å²) >= 11 is 5.79. The van der Waals surface area contributed by atoms with Crippen molar-refractivity contribution in [3.8, 4) is 0 Å². The first-order chi connectivity index (χ1) is 8.60. The summed E-state index contributed by atoms with van der Waals surface area (Å²) in [5, 5.41) is 8.94. The molecule has 0 aromatic heterocycles. The second kappa shape index (κ2) is 5.91. The van der Waals surface area contributed by atoms with E-state index in [0.29, 0.717) is 24.1 Å². The van der Waals surface area contributed by atoms with Crippen LogP contribution in [0, 0.1) is 17.8 Å². The third-order valence-corrected chi connectivity index (χ3v) is 4.62. The van der Waals surface area contributed by atoms with Crippen molar-refractivity contribution in [1.29, 1.82) is 0 Å². The Bertz CT molecular complexity index is 326. The van der Waals surface area contributed by atoms with Gasteiger partial charge in [-0.1, -0.05) is 0 Å². The Kier molecular flexibility index (Phi) is 4.49. The first kappa shape index (κ1) is 13.7. The molecule has 2 rings (SSSR count). The highest BCUT2D eigenvalue weighted by Gasteiger charge is 2.32. The highest BCUT2D eigenvalue weighted by Crippen LogP contribution is 2.31. The predicted octanol–water partition coefficient (Wildman–Crippen LogP) is 1.96. The minimum absolute atomic E-state index is 0.175. The molecule has 5 heteroatoms. The van der Waals surface area contributed by atoms with Crippen LogP contribution >= 0.6 is 11.6 Å². The molecule has 18 heavy (non-hydrogen) atoms. The van der Waals surface area contributed by atoms with Crippen LogP contribution in [0.3, 0.4) is 0 Å². The van der Waals surface area contributed by atoms with Crippen LogP contribution in [0.1, 0.15) is 32.1 Å². The van der Waals surface area contributed by atoms with Crippen molar-refractivity contribution < 1.29 is 14.7 Å². The van der Waals surface area contributed by atoms with Gasteiger partial charge in [0.15, 0.2) is 0 Å². The van der Waals surface area contributed by atoms with Crippen molar-refractivity contribution in [3.05, 3.63) is 0 Å². The van der Waals surface area contributed by atoms with Crippen LogP contribution < -0.4 is 0 Å². The first-order valence-electron chi connectivity index (χ1n) is 6.66. The third kappa shape index (κ3) is 3.16. The molecule has 0 aromatic carbocycles. The predicted molar refractivity (Wildman–Crippen MR) is 68.5 cm³/mol. The van der Waals surface area contributed by atoms with E-state index in [1.165, 1.54) is 0 Å². The average molecular weight is 274 g/mol. The number of hydrogen-bond acceptors (Lipinski definition) is 2. The molecule has 0 radical (unpaired) electrons. The van der Waals surface area contributed by atoms with E-state index in [0.717, 1.165) is 38.8 Å². The molecular weight excluding hydrogens is 254 g/mol. The lowest BCUT2D eigenvalue weighted by Gasteiger charge is -2.29. The van der Waals surface area contributed by atoms with Gasteiger partial charge in [-0.3, -0.25) is 9.59 Å². The minimum atomic E-state index is -0.673.